The second-order valence-electron chi connectivity index (χ2n) is 3.72. The third-order valence-electron chi connectivity index (χ3n) is 1.94. The fourth-order valence-electron chi connectivity index (χ4n) is 0.894. The monoisotopic (exact) mass is 261 g/mol. The van der Waals surface area contributed by atoms with Gasteiger partial charge in [-0.2, -0.15) is 0 Å². The zero-order chi connectivity index (χ0) is 12.4. The van der Waals surface area contributed by atoms with Gasteiger partial charge in [0.1, 0.15) is 0 Å². The summed E-state index contributed by atoms with van der Waals surface area (Å²) < 4.78 is 1.80. The van der Waals surface area contributed by atoms with Crippen LogP contribution in [0.25, 0.3) is 0 Å². The second-order valence-corrected chi connectivity index (χ2v) is 6.01. The van der Waals surface area contributed by atoms with Crippen molar-refractivity contribution in [1.29, 1.82) is 0 Å². The average molecular weight is 261 g/mol. The number of carbonyl (C=O) groups excluding carboxylic acids is 1. The van der Waals surface area contributed by atoms with E-state index < -0.39 is 0 Å². The molecule has 4 heteroatoms. The van der Waals surface area contributed by atoms with Crippen molar-refractivity contribution in [2.75, 3.05) is 11.5 Å². The topological polar surface area (TPSA) is 20.3 Å². The van der Waals surface area contributed by atoms with E-state index in [0.29, 0.717) is 5.57 Å². The van der Waals surface area contributed by atoms with Crippen molar-refractivity contribution < 1.29 is 4.79 Å². The lowest BCUT2D eigenvalue weighted by atomic mass is 10.3. The maximum atomic E-state index is 11.8. The van der Waals surface area contributed by atoms with E-state index >= 15 is 0 Å². The molecule has 1 amide bonds. The van der Waals surface area contributed by atoms with Crippen LogP contribution in [0.15, 0.2) is 12.2 Å². The Morgan fingerprint density at radius 3 is 1.88 bits per heavy atom. The summed E-state index contributed by atoms with van der Waals surface area (Å²) in [5, 5.41) is 0. The minimum atomic E-state index is 0.0576. The molecule has 0 radical (unpaired) electrons. The van der Waals surface area contributed by atoms with Crippen LogP contribution in [0.2, 0.25) is 0 Å². The van der Waals surface area contributed by atoms with E-state index in [9.17, 15) is 4.79 Å². The molecule has 0 saturated heterocycles. The predicted molar refractivity (Wildman–Crippen MR) is 76.4 cm³/mol. The van der Waals surface area contributed by atoms with E-state index in [-0.39, 0.29) is 5.91 Å². The Hall–Kier alpha value is -0.0900. The van der Waals surface area contributed by atoms with Gasteiger partial charge in [-0.15, -0.1) is 0 Å². The molecule has 0 aliphatic carbocycles. The molecule has 0 rings (SSSR count). The lowest BCUT2D eigenvalue weighted by Crippen LogP contribution is -2.19. The summed E-state index contributed by atoms with van der Waals surface area (Å²) in [6.45, 7) is 9.81. The number of hydrogen-bond donors (Lipinski definition) is 0. The number of nitrogens with zero attached hydrogens (tertiary/aromatic N) is 1. The Labute approximate surface area is 109 Å². The second kappa shape index (κ2) is 10.1. The lowest BCUT2D eigenvalue weighted by molar-refractivity contribution is -0.119. The van der Waals surface area contributed by atoms with E-state index in [1.54, 1.807) is 34.5 Å². The van der Waals surface area contributed by atoms with E-state index in [4.69, 9.17) is 0 Å². The average Bonchev–Trinajstić information content (AvgIpc) is 2.26. The summed E-state index contributed by atoms with van der Waals surface area (Å²) in [5.74, 6) is 2.07. The number of rotatable bonds is 9. The molecular formula is C12H23NOS2. The molecule has 0 aliphatic heterocycles. The predicted octanol–water partition coefficient (Wildman–Crippen LogP) is 4.29. The Kier molecular flexibility index (Phi) is 10.0. The molecule has 0 atom stereocenters. The van der Waals surface area contributed by atoms with Gasteiger partial charge in [-0.05, 0) is 43.7 Å². The van der Waals surface area contributed by atoms with Gasteiger partial charge in [0.05, 0.1) is 0 Å². The number of unbranched alkanes of at least 4 members (excludes halogenated alkanes) is 2. The molecule has 0 aliphatic rings. The smallest absolute Gasteiger partial charge is 0.268 e. The normalized spacial score (nSPS) is 10.2. The first-order chi connectivity index (χ1) is 7.63. The highest BCUT2D eigenvalue weighted by Crippen LogP contribution is 2.25. The molecule has 0 spiro atoms. The number of carbonyl (C=O) groups is 1. The molecule has 0 unspecified atom stereocenters. The van der Waals surface area contributed by atoms with Crippen molar-refractivity contribution in [3.05, 3.63) is 12.2 Å². The summed E-state index contributed by atoms with van der Waals surface area (Å²) in [7, 11) is 0. The van der Waals surface area contributed by atoms with Gasteiger partial charge in [-0.3, -0.25) is 4.79 Å². The molecule has 94 valence electrons. The van der Waals surface area contributed by atoms with Crippen LogP contribution in [0, 0.1) is 0 Å². The molecular weight excluding hydrogens is 238 g/mol. The zero-order valence-corrected chi connectivity index (χ0v) is 12.3. The van der Waals surface area contributed by atoms with Crippen molar-refractivity contribution in [2.45, 2.75) is 46.5 Å². The van der Waals surface area contributed by atoms with Gasteiger partial charge < -0.3 is 0 Å². The van der Waals surface area contributed by atoms with Gasteiger partial charge in [-0.1, -0.05) is 33.3 Å². The summed E-state index contributed by atoms with van der Waals surface area (Å²) in [5.41, 5.74) is 0.619. The fourth-order valence-corrected chi connectivity index (χ4v) is 3.35. The van der Waals surface area contributed by atoms with Crippen LogP contribution in [0.5, 0.6) is 0 Å². The third-order valence-corrected chi connectivity index (χ3v) is 4.32. The molecule has 0 bridgehead atoms. The van der Waals surface area contributed by atoms with Gasteiger partial charge in [-0.25, -0.2) is 3.71 Å². The quantitative estimate of drug-likeness (QED) is 0.351. The van der Waals surface area contributed by atoms with Crippen LogP contribution in [0.4, 0.5) is 0 Å². The molecule has 0 heterocycles. The Morgan fingerprint density at radius 1 is 1.12 bits per heavy atom. The van der Waals surface area contributed by atoms with Crippen LogP contribution < -0.4 is 0 Å². The lowest BCUT2D eigenvalue weighted by Gasteiger charge is -2.19. The zero-order valence-electron chi connectivity index (χ0n) is 10.6. The fraction of sp³-hybridized carbons (Fsp3) is 0.750. The van der Waals surface area contributed by atoms with Crippen LogP contribution in [-0.4, -0.2) is 21.1 Å². The largest absolute Gasteiger partial charge is 0.269 e. The van der Waals surface area contributed by atoms with Gasteiger partial charge in [0, 0.05) is 17.1 Å². The summed E-state index contributed by atoms with van der Waals surface area (Å²) in [6, 6.07) is 0. The van der Waals surface area contributed by atoms with Crippen molar-refractivity contribution in [1.82, 2.24) is 3.71 Å². The minimum Gasteiger partial charge on any atom is -0.268 e. The highest BCUT2D eigenvalue weighted by Gasteiger charge is 2.15. The molecule has 16 heavy (non-hydrogen) atoms. The highest BCUT2D eigenvalue weighted by molar-refractivity contribution is 8.12. The van der Waals surface area contributed by atoms with Crippen LogP contribution >= 0.6 is 23.9 Å². The molecule has 0 aromatic heterocycles. The van der Waals surface area contributed by atoms with Crippen molar-refractivity contribution in [2.24, 2.45) is 0 Å². The van der Waals surface area contributed by atoms with E-state index in [1.807, 2.05) is 0 Å². The van der Waals surface area contributed by atoms with Gasteiger partial charge in [0.15, 0.2) is 0 Å². The van der Waals surface area contributed by atoms with Crippen molar-refractivity contribution >= 4 is 29.8 Å². The third kappa shape index (κ3) is 7.23. The molecule has 0 saturated carbocycles. The molecule has 0 aromatic rings. The summed E-state index contributed by atoms with van der Waals surface area (Å²) in [6.07, 6.45) is 4.64. The Bertz CT molecular complexity index is 209. The van der Waals surface area contributed by atoms with Gasteiger partial charge in [0.25, 0.3) is 5.91 Å². The molecule has 0 N–H and O–H groups in total. The van der Waals surface area contributed by atoms with E-state index in [1.165, 1.54) is 12.8 Å². The van der Waals surface area contributed by atoms with Crippen molar-refractivity contribution in [3.63, 3.8) is 0 Å². The van der Waals surface area contributed by atoms with E-state index in [0.717, 1.165) is 24.3 Å². The maximum Gasteiger partial charge on any atom is 0.269 e. The Balaban J connectivity index is 4.05. The first kappa shape index (κ1) is 15.9. The van der Waals surface area contributed by atoms with Gasteiger partial charge in [0.2, 0.25) is 0 Å². The van der Waals surface area contributed by atoms with E-state index in [2.05, 4.69) is 20.4 Å². The molecule has 0 fully saturated rings. The summed E-state index contributed by atoms with van der Waals surface area (Å²) >= 11 is 3.24. The first-order valence-electron chi connectivity index (χ1n) is 5.89. The summed E-state index contributed by atoms with van der Waals surface area (Å²) in [4.78, 5) is 11.8. The Morgan fingerprint density at radius 2 is 1.56 bits per heavy atom. The van der Waals surface area contributed by atoms with Crippen LogP contribution in [0.1, 0.15) is 46.5 Å². The first-order valence-corrected chi connectivity index (χ1v) is 7.77. The molecule has 0 aromatic carbocycles. The van der Waals surface area contributed by atoms with Crippen LogP contribution in [0.3, 0.4) is 0 Å². The number of hydrogen-bond acceptors (Lipinski definition) is 3. The number of amides is 1. The minimum absolute atomic E-state index is 0.0576. The van der Waals surface area contributed by atoms with Crippen molar-refractivity contribution in [3.8, 4) is 0 Å². The van der Waals surface area contributed by atoms with Gasteiger partial charge >= 0.3 is 0 Å². The highest BCUT2D eigenvalue weighted by atomic mass is 32.2. The van der Waals surface area contributed by atoms with Crippen LogP contribution in [-0.2, 0) is 4.79 Å². The SMILES string of the molecule is C=C(C)C(=O)N(SCCCC)SCCCC. The maximum absolute atomic E-state index is 11.8. The molecule has 2 nitrogen and oxygen atoms in total. The standard InChI is InChI=1S/C12H23NOS2/c1-5-7-9-15-13(12(14)11(3)4)16-10-8-6-2/h3,5-10H2,1-2,4H3.